The first-order chi connectivity index (χ1) is 13.3. The van der Waals surface area contributed by atoms with Crippen LogP contribution >= 0.6 is 11.6 Å². The van der Waals surface area contributed by atoms with Gasteiger partial charge < -0.3 is 5.32 Å². The minimum atomic E-state index is -0.456. The fraction of sp³-hybridized carbons (Fsp3) is 0.381. The van der Waals surface area contributed by atoms with E-state index in [-0.39, 0.29) is 22.9 Å². The lowest BCUT2D eigenvalue weighted by Crippen LogP contribution is -2.46. The highest BCUT2D eigenvalue weighted by Gasteiger charge is 2.13. The second-order valence-corrected chi connectivity index (χ2v) is 7.22. The van der Waals surface area contributed by atoms with E-state index < -0.39 is 5.82 Å². The topological polar surface area (TPSA) is 53.6 Å². The van der Waals surface area contributed by atoms with E-state index in [2.05, 4.69) is 10.3 Å². The van der Waals surface area contributed by atoms with Gasteiger partial charge in [0.2, 0.25) is 0 Å². The third-order valence-corrected chi connectivity index (χ3v) is 4.76. The molecule has 4 nitrogen and oxygen atoms in total. The van der Waals surface area contributed by atoms with Crippen molar-refractivity contribution < 1.29 is 8.78 Å². The van der Waals surface area contributed by atoms with E-state index in [9.17, 15) is 8.78 Å². The largest absolute Gasteiger partial charge is 0.308 e. The quantitative estimate of drug-likeness (QED) is 0.284. The Bertz CT molecular complexity index is 795. The van der Waals surface area contributed by atoms with Crippen molar-refractivity contribution in [3.8, 4) is 0 Å². The van der Waals surface area contributed by atoms with E-state index in [4.69, 9.17) is 17.4 Å². The summed E-state index contributed by atoms with van der Waals surface area (Å²) in [4.78, 5) is 4.66. The van der Waals surface area contributed by atoms with Crippen LogP contribution in [0.15, 0.2) is 47.5 Å². The molecule has 0 bridgehead atoms. The third kappa shape index (κ3) is 6.55. The van der Waals surface area contributed by atoms with Crippen LogP contribution in [0.2, 0.25) is 5.02 Å². The Morgan fingerprint density at radius 3 is 2.46 bits per heavy atom. The van der Waals surface area contributed by atoms with Gasteiger partial charge in [-0.15, -0.1) is 0 Å². The van der Waals surface area contributed by atoms with Crippen LogP contribution in [0.4, 0.5) is 8.78 Å². The summed E-state index contributed by atoms with van der Waals surface area (Å²) < 4.78 is 26.7. The highest BCUT2D eigenvalue weighted by Crippen LogP contribution is 2.23. The molecule has 28 heavy (non-hydrogen) atoms. The van der Waals surface area contributed by atoms with Crippen LogP contribution in [-0.2, 0) is 6.54 Å². The van der Waals surface area contributed by atoms with Crippen LogP contribution in [0.25, 0.3) is 0 Å². The van der Waals surface area contributed by atoms with Gasteiger partial charge >= 0.3 is 0 Å². The van der Waals surface area contributed by atoms with Gasteiger partial charge in [-0.1, -0.05) is 36.7 Å². The zero-order valence-electron chi connectivity index (χ0n) is 16.4. The predicted molar refractivity (Wildman–Crippen MR) is 111 cm³/mol. The number of amidine groups is 1. The maximum absolute atomic E-state index is 13.7. The number of rotatable bonds is 8. The summed E-state index contributed by atoms with van der Waals surface area (Å²) in [7, 11) is 0. The van der Waals surface area contributed by atoms with Crippen LogP contribution < -0.4 is 11.2 Å². The lowest BCUT2D eigenvalue weighted by molar-refractivity contribution is 0.364. The Labute approximate surface area is 170 Å². The molecule has 2 unspecified atom stereocenters. The lowest BCUT2D eigenvalue weighted by Gasteiger charge is -2.25. The highest BCUT2D eigenvalue weighted by molar-refractivity contribution is 6.30. The summed E-state index contributed by atoms with van der Waals surface area (Å²) in [5.41, 5.74) is 1.74. The van der Waals surface area contributed by atoms with Gasteiger partial charge in [0.25, 0.3) is 0 Å². The Hall–Kier alpha value is -2.02. The van der Waals surface area contributed by atoms with E-state index >= 15 is 0 Å². The van der Waals surface area contributed by atoms with E-state index in [1.165, 1.54) is 24.3 Å². The molecule has 2 atom stereocenters. The molecule has 2 rings (SSSR count). The molecule has 0 aliphatic carbocycles. The maximum Gasteiger partial charge on any atom is 0.142 e. The summed E-state index contributed by atoms with van der Waals surface area (Å²) in [6.45, 7) is 7.06. The molecule has 0 saturated carbocycles. The maximum atomic E-state index is 13.7. The van der Waals surface area contributed by atoms with Gasteiger partial charge in [0, 0.05) is 19.0 Å². The number of nitrogens with one attached hydrogen (secondary N) is 1. The molecule has 0 saturated heterocycles. The summed E-state index contributed by atoms with van der Waals surface area (Å²) >= 11 is 5.74. The standard InChI is InChI=1S/C21H27ClF2N4/c1-4-21(27-15(3)17-7-10-19(22)20(24)11-17)28(25)13-14(2)26-12-16-5-8-18(23)9-6-16/h5-11,14-15,26H,4,12-13,25H2,1-3H3. The second kappa shape index (κ2) is 10.5. The van der Waals surface area contributed by atoms with Crippen molar-refractivity contribution in [2.75, 3.05) is 6.54 Å². The van der Waals surface area contributed by atoms with Crippen molar-refractivity contribution in [3.05, 3.63) is 70.2 Å². The van der Waals surface area contributed by atoms with Crippen molar-refractivity contribution in [2.24, 2.45) is 10.8 Å². The first kappa shape index (κ1) is 22.3. The van der Waals surface area contributed by atoms with Crippen molar-refractivity contribution in [1.29, 1.82) is 0 Å². The number of nitrogens with two attached hydrogens (primary N) is 1. The third-order valence-electron chi connectivity index (χ3n) is 4.45. The van der Waals surface area contributed by atoms with Crippen molar-refractivity contribution >= 4 is 17.4 Å². The highest BCUT2D eigenvalue weighted by atomic mass is 35.5. The molecule has 0 spiro atoms. The molecular weight excluding hydrogens is 382 g/mol. The van der Waals surface area contributed by atoms with E-state index in [1.807, 2.05) is 20.8 Å². The number of aliphatic imine (C=N–C) groups is 1. The molecule has 152 valence electrons. The Balaban J connectivity index is 1.95. The lowest BCUT2D eigenvalue weighted by atomic mass is 10.1. The average molecular weight is 409 g/mol. The van der Waals surface area contributed by atoms with Gasteiger partial charge in [-0.05, 0) is 49.2 Å². The minimum absolute atomic E-state index is 0.0927. The fourth-order valence-electron chi connectivity index (χ4n) is 2.80. The molecule has 7 heteroatoms. The Morgan fingerprint density at radius 2 is 1.86 bits per heavy atom. The average Bonchev–Trinajstić information content (AvgIpc) is 2.67. The number of halogens is 3. The van der Waals surface area contributed by atoms with Gasteiger partial charge in [-0.3, -0.25) is 10.0 Å². The Kier molecular flexibility index (Phi) is 8.35. The summed E-state index contributed by atoms with van der Waals surface area (Å²) in [5, 5.41) is 5.07. The van der Waals surface area contributed by atoms with Crippen LogP contribution in [0.5, 0.6) is 0 Å². The van der Waals surface area contributed by atoms with Crippen molar-refractivity contribution in [1.82, 2.24) is 10.3 Å². The normalized spacial score (nSPS) is 14.0. The number of benzene rings is 2. The van der Waals surface area contributed by atoms with Gasteiger partial charge in [-0.25, -0.2) is 14.6 Å². The van der Waals surface area contributed by atoms with E-state index in [0.29, 0.717) is 19.5 Å². The minimum Gasteiger partial charge on any atom is -0.308 e. The number of hydrogen-bond acceptors (Lipinski definition) is 3. The molecule has 0 radical (unpaired) electrons. The zero-order valence-corrected chi connectivity index (χ0v) is 17.2. The van der Waals surface area contributed by atoms with Crippen LogP contribution in [0.1, 0.15) is 44.4 Å². The predicted octanol–water partition coefficient (Wildman–Crippen LogP) is 4.84. The number of hydrogen-bond donors (Lipinski definition) is 2. The van der Waals surface area contributed by atoms with Crippen molar-refractivity contribution in [3.63, 3.8) is 0 Å². The van der Waals surface area contributed by atoms with Gasteiger partial charge in [0.15, 0.2) is 0 Å². The zero-order chi connectivity index (χ0) is 20.7. The number of nitrogens with zero attached hydrogens (tertiary/aromatic N) is 2. The van der Waals surface area contributed by atoms with Crippen LogP contribution in [0, 0.1) is 11.6 Å². The van der Waals surface area contributed by atoms with E-state index in [0.717, 1.165) is 17.0 Å². The Morgan fingerprint density at radius 1 is 1.18 bits per heavy atom. The molecule has 0 fully saturated rings. The molecule has 0 aliphatic rings. The molecule has 3 N–H and O–H groups in total. The molecule has 0 heterocycles. The molecule has 0 aromatic heterocycles. The molecular formula is C21H27ClF2N4. The van der Waals surface area contributed by atoms with Crippen LogP contribution in [0.3, 0.4) is 0 Å². The summed E-state index contributed by atoms with van der Waals surface area (Å²) in [6.07, 6.45) is 0.654. The monoisotopic (exact) mass is 408 g/mol. The first-order valence-corrected chi connectivity index (χ1v) is 9.69. The van der Waals surface area contributed by atoms with Crippen molar-refractivity contribution in [2.45, 2.75) is 45.8 Å². The van der Waals surface area contributed by atoms with Crippen LogP contribution in [-0.4, -0.2) is 23.4 Å². The molecule has 2 aromatic carbocycles. The first-order valence-electron chi connectivity index (χ1n) is 9.31. The fourth-order valence-corrected chi connectivity index (χ4v) is 2.92. The smallest absolute Gasteiger partial charge is 0.142 e. The molecule has 0 amide bonds. The summed E-state index contributed by atoms with van der Waals surface area (Å²) in [6, 6.07) is 10.9. The molecule has 0 aliphatic heterocycles. The molecule has 2 aromatic rings. The van der Waals surface area contributed by atoms with E-state index in [1.54, 1.807) is 23.2 Å². The van der Waals surface area contributed by atoms with Gasteiger partial charge in [0.05, 0.1) is 17.6 Å². The van der Waals surface area contributed by atoms with Gasteiger partial charge in [0.1, 0.15) is 17.5 Å². The summed E-state index contributed by atoms with van der Waals surface area (Å²) in [5.74, 6) is 6.25. The number of hydrazine groups is 1. The van der Waals surface area contributed by atoms with Gasteiger partial charge in [-0.2, -0.15) is 0 Å². The second-order valence-electron chi connectivity index (χ2n) is 6.81. The SMILES string of the molecule is CCC(=NC(C)c1ccc(Cl)c(F)c1)N(N)CC(C)NCc1ccc(F)cc1.